The molecule has 2 aromatic rings. The van der Waals surface area contributed by atoms with Gasteiger partial charge >= 0.3 is 0 Å². The maximum atomic E-state index is 12.1. The van der Waals surface area contributed by atoms with Gasteiger partial charge in [0.15, 0.2) is 6.10 Å². The Hall–Kier alpha value is -1.85. The van der Waals surface area contributed by atoms with Crippen LogP contribution in [0, 0.1) is 0 Å². The highest BCUT2D eigenvalue weighted by Gasteiger charge is 2.14. The minimum absolute atomic E-state index is 0.144. The summed E-state index contributed by atoms with van der Waals surface area (Å²) in [7, 11) is 1.59. The molecule has 0 aliphatic carbocycles. The molecular formula is C18H20ClNO3S. The molecule has 1 amide bonds. The van der Waals surface area contributed by atoms with Crippen molar-refractivity contribution < 1.29 is 14.3 Å². The zero-order valence-corrected chi connectivity index (χ0v) is 15.2. The van der Waals surface area contributed by atoms with Gasteiger partial charge in [-0.1, -0.05) is 17.7 Å². The van der Waals surface area contributed by atoms with Gasteiger partial charge < -0.3 is 14.8 Å². The van der Waals surface area contributed by atoms with E-state index in [4.69, 9.17) is 21.1 Å². The van der Waals surface area contributed by atoms with E-state index < -0.39 is 6.10 Å². The summed E-state index contributed by atoms with van der Waals surface area (Å²) >= 11 is 7.51. The fourth-order valence-corrected chi connectivity index (χ4v) is 2.84. The van der Waals surface area contributed by atoms with E-state index in [0.717, 1.165) is 15.7 Å². The molecule has 6 heteroatoms. The number of amides is 1. The van der Waals surface area contributed by atoms with E-state index in [1.54, 1.807) is 37.9 Å². The first kappa shape index (κ1) is 18.5. The van der Waals surface area contributed by atoms with Crippen LogP contribution in [0.5, 0.6) is 11.5 Å². The van der Waals surface area contributed by atoms with Crippen molar-refractivity contribution in [2.45, 2.75) is 17.9 Å². The number of benzene rings is 2. The molecule has 0 bridgehead atoms. The third-order valence-corrected chi connectivity index (χ3v) is 4.47. The van der Waals surface area contributed by atoms with Crippen molar-refractivity contribution in [3.63, 3.8) is 0 Å². The first-order valence-electron chi connectivity index (χ1n) is 7.55. The summed E-state index contributed by atoms with van der Waals surface area (Å²) in [5, 5.41) is 3.59. The third kappa shape index (κ3) is 5.98. The van der Waals surface area contributed by atoms with Gasteiger partial charge in [0.25, 0.3) is 5.91 Å². The van der Waals surface area contributed by atoms with E-state index in [1.807, 2.05) is 36.4 Å². The number of rotatable bonds is 8. The molecule has 0 spiro atoms. The van der Waals surface area contributed by atoms with Gasteiger partial charge in [0.2, 0.25) is 0 Å². The number of carbonyl (C=O) groups excluding carboxylic acids is 1. The zero-order chi connectivity index (χ0) is 17.4. The standard InChI is InChI=1S/C18H20ClNO3S/c1-13(23-16-5-3-4-15(12-16)22-2)18(21)20-10-11-24-17-8-6-14(19)7-9-17/h3-9,12-13H,10-11H2,1-2H3,(H,20,21). The molecule has 128 valence electrons. The zero-order valence-electron chi connectivity index (χ0n) is 13.6. The van der Waals surface area contributed by atoms with Gasteiger partial charge in [0.1, 0.15) is 11.5 Å². The minimum atomic E-state index is -0.572. The van der Waals surface area contributed by atoms with Gasteiger partial charge in [0, 0.05) is 28.3 Å². The van der Waals surface area contributed by atoms with E-state index in [-0.39, 0.29) is 5.91 Å². The number of hydrogen-bond donors (Lipinski definition) is 1. The molecule has 1 unspecified atom stereocenters. The Kier molecular flexibility index (Phi) is 7.28. The van der Waals surface area contributed by atoms with Crippen LogP contribution in [0.1, 0.15) is 6.92 Å². The van der Waals surface area contributed by atoms with Crippen LogP contribution >= 0.6 is 23.4 Å². The number of halogens is 1. The minimum Gasteiger partial charge on any atom is -0.497 e. The quantitative estimate of drug-likeness (QED) is 0.567. The van der Waals surface area contributed by atoms with Gasteiger partial charge in [-0.2, -0.15) is 0 Å². The van der Waals surface area contributed by atoms with Crippen LogP contribution in [-0.4, -0.2) is 31.4 Å². The second kappa shape index (κ2) is 9.45. The summed E-state index contributed by atoms with van der Waals surface area (Å²) in [5.41, 5.74) is 0. The van der Waals surface area contributed by atoms with Gasteiger partial charge in [-0.15, -0.1) is 11.8 Å². The fourth-order valence-electron chi connectivity index (χ4n) is 1.95. The summed E-state index contributed by atoms with van der Waals surface area (Å²) in [6.07, 6.45) is -0.572. The first-order chi connectivity index (χ1) is 11.6. The number of nitrogens with one attached hydrogen (secondary N) is 1. The highest BCUT2D eigenvalue weighted by molar-refractivity contribution is 7.99. The van der Waals surface area contributed by atoms with Crippen LogP contribution in [0.2, 0.25) is 5.02 Å². The van der Waals surface area contributed by atoms with E-state index in [2.05, 4.69) is 5.32 Å². The van der Waals surface area contributed by atoms with Gasteiger partial charge in [-0.3, -0.25) is 4.79 Å². The van der Waals surface area contributed by atoms with Gasteiger partial charge in [-0.05, 0) is 43.3 Å². The molecule has 2 aromatic carbocycles. The average Bonchev–Trinajstić information content (AvgIpc) is 2.60. The Morgan fingerprint density at radius 1 is 1.21 bits per heavy atom. The fraction of sp³-hybridized carbons (Fsp3) is 0.278. The molecule has 0 aromatic heterocycles. The topological polar surface area (TPSA) is 47.6 Å². The molecule has 2 rings (SSSR count). The molecule has 0 heterocycles. The molecule has 4 nitrogen and oxygen atoms in total. The molecule has 1 atom stereocenters. The van der Waals surface area contributed by atoms with Crippen molar-refractivity contribution in [1.82, 2.24) is 5.32 Å². The average molecular weight is 366 g/mol. The van der Waals surface area contributed by atoms with Crippen LogP contribution in [0.25, 0.3) is 0 Å². The SMILES string of the molecule is COc1cccc(OC(C)C(=O)NCCSc2ccc(Cl)cc2)c1. The van der Waals surface area contributed by atoms with Crippen LogP contribution in [-0.2, 0) is 4.79 Å². The maximum absolute atomic E-state index is 12.1. The molecule has 0 radical (unpaired) electrons. The van der Waals surface area contributed by atoms with Crippen molar-refractivity contribution >= 4 is 29.3 Å². The van der Waals surface area contributed by atoms with E-state index in [9.17, 15) is 4.79 Å². The lowest BCUT2D eigenvalue weighted by molar-refractivity contribution is -0.127. The smallest absolute Gasteiger partial charge is 0.260 e. The highest BCUT2D eigenvalue weighted by atomic mass is 35.5. The molecule has 0 aliphatic rings. The number of methoxy groups -OCH3 is 1. The van der Waals surface area contributed by atoms with Crippen molar-refractivity contribution in [2.75, 3.05) is 19.4 Å². The van der Waals surface area contributed by atoms with Crippen molar-refractivity contribution in [1.29, 1.82) is 0 Å². The highest BCUT2D eigenvalue weighted by Crippen LogP contribution is 2.21. The van der Waals surface area contributed by atoms with Crippen LogP contribution in [0.3, 0.4) is 0 Å². The second-order valence-electron chi connectivity index (χ2n) is 5.03. The Bertz CT molecular complexity index is 664. The van der Waals surface area contributed by atoms with Crippen molar-refractivity contribution in [3.8, 4) is 11.5 Å². The molecule has 0 saturated heterocycles. The molecule has 1 N–H and O–H groups in total. The Balaban J connectivity index is 1.72. The number of hydrogen-bond acceptors (Lipinski definition) is 4. The van der Waals surface area contributed by atoms with Crippen LogP contribution < -0.4 is 14.8 Å². The van der Waals surface area contributed by atoms with E-state index in [1.165, 1.54) is 0 Å². The molecule has 0 fully saturated rings. The summed E-state index contributed by atoms with van der Waals surface area (Å²) < 4.78 is 10.8. The number of ether oxygens (including phenoxy) is 2. The maximum Gasteiger partial charge on any atom is 0.260 e. The summed E-state index contributed by atoms with van der Waals surface area (Å²) in [4.78, 5) is 13.2. The monoisotopic (exact) mass is 365 g/mol. The lowest BCUT2D eigenvalue weighted by atomic mass is 10.3. The van der Waals surface area contributed by atoms with Gasteiger partial charge in [0.05, 0.1) is 7.11 Å². The van der Waals surface area contributed by atoms with Crippen LogP contribution in [0.15, 0.2) is 53.4 Å². The van der Waals surface area contributed by atoms with Crippen molar-refractivity contribution in [3.05, 3.63) is 53.6 Å². The first-order valence-corrected chi connectivity index (χ1v) is 8.91. The number of thioether (sulfide) groups is 1. The molecule has 0 saturated carbocycles. The summed E-state index contributed by atoms with van der Waals surface area (Å²) in [5.74, 6) is 1.93. The van der Waals surface area contributed by atoms with Crippen molar-refractivity contribution in [2.24, 2.45) is 0 Å². The Morgan fingerprint density at radius 3 is 2.62 bits per heavy atom. The normalized spacial score (nSPS) is 11.6. The van der Waals surface area contributed by atoms with E-state index >= 15 is 0 Å². The van der Waals surface area contributed by atoms with Gasteiger partial charge in [-0.25, -0.2) is 0 Å². The molecule has 24 heavy (non-hydrogen) atoms. The Labute approximate surface area is 151 Å². The summed E-state index contributed by atoms with van der Waals surface area (Å²) in [6, 6.07) is 14.8. The second-order valence-corrected chi connectivity index (χ2v) is 6.64. The predicted molar refractivity (Wildman–Crippen MR) is 98.3 cm³/mol. The van der Waals surface area contributed by atoms with E-state index in [0.29, 0.717) is 18.0 Å². The largest absolute Gasteiger partial charge is 0.497 e. The summed E-state index contributed by atoms with van der Waals surface area (Å²) in [6.45, 7) is 2.29. The lowest BCUT2D eigenvalue weighted by Gasteiger charge is -2.15. The molecule has 0 aliphatic heterocycles. The lowest BCUT2D eigenvalue weighted by Crippen LogP contribution is -2.37. The van der Waals surface area contributed by atoms with Crippen LogP contribution in [0.4, 0.5) is 0 Å². The number of carbonyl (C=O) groups is 1. The predicted octanol–water partition coefficient (Wildman–Crippen LogP) is 4.02. The Morgan fingerprint density at radius 2 is 1.92 bits per heavy atom. The third-order valence-electron chi connectivity index (χ3n) is 3.21. The molecular weight excluding hydrogens is 346 g/mol.